The lowest BCUT2D eigenvalue weighted by atomic mass is 10.3. The highest BCUT2D eigenvalue weighted by Crippen LogP contribution is 1.97. The third kappa shape index (κ3) is 2.71. The highest BCUT2D eigenvalue weighted by molar-refractivity contribution is 5.93. The predicted octanol–water partition coefficient (Wildman–Crippen LogP) is -0.791. The number of hydrogen-bond acceptors (Lipinski definition) is 5. The summed E-state index contributed by atoms with van der Waals surface area (Å²) in [7, 11) is 2.86. The highest BCUT2D eigenvalue weighted by atomic mass is 16.7. The van der Waals surface area contributed by atoms with Crippen LogP contribution in [-0.2, 0) is 14.3 Å². The van der Waals surface area contributed by atoms with Crippen LogP contribution in [0.5, 0.6) is 0 Å². The lowest BCUT2D eigenvalue weighted by molar-refractivity contribution is -0.151. The molecule has 0 bridgehead atoms. The Morgan fingerprint density at radius 2 is 1.92 bits per heavy atom. The molecule has 1 fully saturated rings. The quantitative estimate of drug-likeness (QED) is 0.445. The number of nitrogens with one attached hydrogen (secondary N) is 2. The van der Waals surface area contributed by atoms with E-state index in [4.69, 9.17) is 9.47 Å². The molecule has 1 saturated heterocycles. The first kappa shape index (κ1) is 10.0. The molecule has 2 N–H and O–H groups in total. The zero-order valence-electron chi connectivity index (χ0n) is 7.79. The summed E-state index contributed by atoms with van der Waals surface area (Å²) in [6.45, 7) is 1.67. The summed E-state index contributed by atoms with van der Waals surface area (Å²) in [5.41, 5.74) is 0. The summed E-state index contributed by atoms with van der Waals surface area (Å²) in [4.78, 5) is 11.4. The van der Waals surface area contributed by atoms with Crippen LogP contribution in [0.25, 0.3) is 0 Å². The molecule has 0 aromatic carbocycles. The van der Waals surface area contributed by atoms with Gasteiger partial charge in [-0.3, -0.25) is 4.79 Å². The molecular weight excluding hydrogens is 172 g/mol. The second-order valence-electron chi connectivity index (χ2n) is 2.62. The molecule has 1 aliphatic rings. The molecule has 0 aromatic rings. The van der Waals surface area contributed by atoms with Crippen molar-refractivity contribution in [2.24, 2.45) is 0 Å². The van der Waals surface area contributed by atoms with Gasteiger partial charge in [-0.05, 0) is 0 Å². The highest BCUT2D eigenvalue weighted by Gasteiger charge is 2.16. The Morgan fingerprint density at radius 3 is 2.38 bits per heavy atom. The van der Waals surface area contributed by atoms with Crippen molar-refractivity contribution in [2.45, 2.75) is 6.29 Å². The molecule has 13 heavy (non-hydrogen) atoms. The summed E-state index contributed by atoms with van der Waals surface area (Å²) in [5.74, 6) is 0.519. The topological polar surface area (TPSA) is 59.6 Å². The Labute approximate surface area is 77.1 Å². The average Bonchev–Trinajstić information content (AvgIpc) is 2.59. The predicted molar refractivity (Wildman–Crippen MR) is 46.9 cm³/mol. The van der Waals surface area contributed by atoms with Gasteiger partial charge in [0.25, 0.3) is 0 Å². The van der Waals surface area contributed by atoms with Gasteiger partial charge in [-0.15, -0.1) is 0 Å². The van der Waals surface area contributed by atoms with Gasteiger partial charge in [0.2, 0.25) is 12.1 Å². The second-order valence-corrected chi connectivity index (χ2v) is 2.62. The van der Waals surface area contributed by atoms with E-state index in [9.17, 15) is 4.79 Å². The van der Waals surface area contributed by atoms with Crippen molar-refractivity contribution < 1.29 is 14.3 Å². The van der Waals surface area contributed by atoms with Gasteiger partial charge in [-0.2, -0.15) is 0 Å². The molecule has 0 unspecified atom stereocenters. The summed E-state index contributed by atoms with van der Waals surface area (Å²) >= 11 is 0. The Morgan fingerprint density at radius 1 is 1.38 bits per heavy atom. The Balaban J connectivity index is 2.51. The number of ether oxygens (including phenoxy) is 2. The van der Waals surface area contributed by atoms with Crippen LogP contribution in [0, 0.1) is 0 Å². The van der Waals surface area contributed by atoms with E-state index in [1.54, 1.807) is 0 Å². The first-order valence-corrected chi connectivity index (χ1v) is 4.07. The molecule has 0 spiro atoms. The van der Waals surface area contributed by atoms with E-state index in [0.717, 1.165) is 18.9 Å². The van der Waals surface area contributed by atoms with Gasteiger partial charge < -0.3 is 20.1 Å². The molecule has 0 aliphatic carbocycles. The van der Waals surface area contributed by atoms with Gasteiger partial charge in [-0.25, -0.2) is 0 Å². The van der Waals surface area contributed by atoms with Gasteiger partial charge in [-0.1, -0.05) is 0 Å². The summed E-state index contributed by atoms with van der Waals surface area (Å²) < 4.78 is 9.60. The molecule has 5 nitrogen and oxygen atoms in total. The van der Waals surface area contributed by atoms with Crippen LogP contribution in [0.1, 0.15) is 0 Å². The number of hydrogen-bond donors (Lipinski definition) is 2. The normalized spacial score (nSPS) is 15.5. The van der Waals surface area contributed by atoms with Gasteiger partial charge in [0.05, 0.1) is 0 Å². The van der Waals surface area contributed by atoms with Gasteiger partial charge in [0.15, 0.2) is 0 Å². The van der Waals surface area contributed by atoms with Crippen molar-refractivity contribution >= 4 is 5.78 Å². The van der Waals surface area contributed by atoms with Gasteiger partial charge >= 0.3 is 0 Å². The SMILES string of the molecule is COC(OC)C(=O)C=C1NCCN1. The first-order valence-electron chi connectivity index (χ1n) is 4.07. The van der Waals surface area contributed by atoms with Crippen molar-refractivity contribution in [1.82, 2.24) is 10.6 Å². The molecular formula is C8H14N2O3. The van der Waals surface area contributed by atoms with Crippen molar-refractivity contribution in [2.75, 3.05) is 27.3 Å². The smallest absolute Gasteiger partial charge is 0.221 e. The maximum absolute atomic E-state index is 11.4. The fraction of sp³-hybridized carbons (Fsp3) is 0.625. The molecule has 74 valence electrons. The van der Waals surface area contributed by atoms with Crippen LogP contribution in [0.3, 0.4) is 0 Å². The minimum Gasteiger partial charge on any atom is -0.370 e. The summed E-state index contributed by atoms with van der Waals surface area (Å²) in [6, 6.07) is 0. The molecule has 0 amide bonds. The van der Waals surface area contributed by atoms with E-state index in [0.29, 0.717) is 0 Å². The number of methoxy groups -OCH3 is 2. The van der Waals surface area contributed by atoms with Crippen LogP contribution in [0.15, 0.2) is 11.9 Å². The number of carbonyl (C=O) groups is 1. The lowest BCUT2D eigenvalue weighted by Gasteiger charge is -2.09. The van der Waals surface area contributed by atoms with E-state index in [1.807, 2.05) is 0 Å². The number of ketones is 1. The molecule has 0 atom stereocenters. The Kier molecular flexibility index (Phi) is 3.72. The average molecular weight is 186 g/mol. The molecule has 0 saturated carbocycles. The van der Waals surface area contributed by atoms with Crippen LogP contribution in [0.2, 0.25) is 0 Å². The van der Waals surface area contributed by atoms with E-state index in [1.165, 1.54) is 20.3 Å². The van der Waals surface area contributed by atoms with Crippen LogP contribution < -0.4 is 10.6 Å². The van der Waals surface area contributed by atoms with Gasteiger partial charge in [0, 0.05) is 33.4 Å². The first-order chi connectivity index (χ1) is 6.27. The monoisotopic (exact) mass is 186 g/mol. The minimum absolute atomic E-state index is 0.207. The van der Waals surface area contributed by atoms with Crippen LogP contribution in [-0.4, -0.2) is 39.4 Å². The third-order valence-corrected chi connectivity index (χ3v) is 1.70. The summed E-state index contributed by atoms with van der Waals surface area (Å²) in [6.07, 6.45) is 0.640. The molecule has 0 radical (unpaired) electrons. The van der Waals surface area contributed by atoms with E-state index >= 15 is 0 Å². The fourth-order valence-electron chi connectivity index (χ4n) is 1.10. The third-order valence-electron chi connectivity index (χ3n) is 1.70. The van der Waals surface area contributed by atoms with E-state index in [-0.39, 0.29) is 5.78 Å². The maximum Gasteiger partial charge on any atom is 0.221 e. The van der Waals surface area contributed by atoms with E-state index < -0.39 is 6.29 Å². The zero-order chi connectivity index (χ0) is 9.68. The number of rotatable bonds is 4. The molecule has 5 heteroatoms. The summed E-state index contributed by atoms with van der Waals surface area (Å²) in [5, 5.41) is 6.02. The number of carbonyl (C=O) groups excluding carboxylic acids is 1. The van der Waals surface area contributed by atoms with Crippen LogP contribution >= 0.6 is 0 Å². The standard InChI is InChI=1S/C8H14N2O3/c1-12-8(13-2)6(11)5-7-9-3-4-10-7/h5,8-10H,3-4H2,1-2H3. The maximum atomic E-state index is 11.4. The molecule has 1 rings (SSSR count). The largest absolute Gasteiger partial charge is 0.370 e. The zero-order valence-corrected chi connectivity index (χ0v) is 7.79. The Bertz CT molecular complexity index is 203. The fourth-order valence-corrected chi connectivity index (χ4v) is 1.10. The van der Waals surface area contributed by atoms with Crippen molar-refractivity contribution in [1.29, 1.82) is 0 Å². The molecule has 1 heterocycles. The van der Waals surface area contributed by atoms with Crippen molar-refractivity contribution in [3.05, 3.63) is 11.9 Å². The Hall–Kier alpha value is -1.07. The van der Waals surface area contributed by atoms with Gasteiger partial charge in [0.1, 0.15) is 5.82 Å². The van der Waals surface area contributed by atoms with E-state index in [2.05, 4.69) is 10.6 Å². The van der Waals surface area contributed by atoms with Crippen molar-refractivity contribution in [3.8, 4) is 0 Å². The van der Waals surface area contributed by atoms with Crippen molar-refractivity contribution in [3.63, 3.8) is 0 Å². The van der Waals surface area contributed by atoms with Crippen LogP contribution in [0.4, 0.5) is 0 Å². The molecule has 0 aromatic heterocycles. The minimum atomic E-state index is -0.809. The lowest BCUT2D eigenvalue weighted by Crippen LogP contribution is -2.25. The second kappa shape index (κ2) is 4.84. The molecule has 1 aliphatic heterocycles.